The lowest BCUT2D eigenvalue weighted by molar-refractivity contribution is -0.157. The summed E-state index contributed by atoms with van der Waals surface area (Å²) in [6, 6.07) is 10.4. The number of nitrogens with zero attached hydrogens (tertiary/aromatic N) is 1. The Bertz CT molecular complexity index is 418. The average molecular weight is 261 g/mol. The number of likely N-dealkylation sites (tertiary alicyclic amines) is 1. The minimum atomic E-state index is -0.344. The minimum Gasteiger partial charge on any atom is -0.466 e. The van der Waals surface area contributed by atoms with Gasteiger partial charge in [0.15, 0.2) is 0 Å². The van der Waals surface area contributed by atoms with Crippen molar-refractivity contribution in [1.82, 2.24) is 4.90 Å². The number of carbonyl (C=O) groups is 1. The van der Waals surface area contributed by atoms with Crippen LogP contribution in [0, 0.1) is 5.41 Å². The van der Waals surface area contributed by atoms with Crippen molar-refractivity contribution >= 4 is 5.97 Å². The molecule has 0 bridgehead atoms. The number of rotatable bonds is 4. The van der Waals surface area contributed by atoms with Crippen molar-refractivity contribution in [2.75, 3.05) is 19.7 Å². The van der Waals surface area contributed by atoms with Crippen LogP contribution >= 0.6 is 0 Å². The van der Waals surface area contributed by atoms with E-state index in [-0.39, 0.29) is 11.4 Å². The Morgan fingerprint density at radius 3 is 2.79 bits per heavy atom. The van der Waals surface area contributed by atoms with E-state index in [1.54, 1.807) is 0 Å². The lowest BCUT2D eigenvalue weighted by Gasteiger charge is -2.38. The fourth-order valence-corrected chi connectivity index (χ4v) is 2.79. The zero-order chi connectivity index (χ0) is 13.7. The van der Waals surface area contributed by atoms with Crippen LogP contribution in [0.3, 0.4) is 0 Å². The van der Waals surface area contributed by atoms with E-state index in [1.807, 2.05) is 19.9 Å². The van der Waals surface area contributed by atoms with Gasteiger partial charge in [-0.05, 0) is 38.8 Å². The molecule has 0 spiro atoms. The second-order valence-corrected chi connectivity index (χ2v) is 5.58. The van der Waals surface area contributed by atoms with Crippen molar-refractivity contribution in [2.24, 2.45) is 5.41 Å². The van der Waals surface area contributed by atoms with Gasteiger partial charge in [0.05, 0.1) is 12.0 Å². The molecule has 104 valence electrons. The van der Waals surface area contributed by atoms with E-state index in [9.17, 15) is 4.79 Å². The van der Waals surface area contributed by atoms with E-state index in [1.165, 1.54) is 5.56 Å². The van der Waals surface area contributed by atoms with Gasteiger partial charge in [-0.3, -0.25) is 9.69 Å². The molecule has 1 aliphatic heterocycles. The molecule has 2 rings (SSSR count). The van der Waals surface area contributed by atoms with Crippen LogP contribution in [-0.2, 0) is 16.1 Å². The minimum absolute atomic E-state index is 0.0484. The van der Waals surface area contributed by atoms with Crippen molar-refractivity contribution in [1.29, 1.82) is 0 Å². The van der Waals surface area contributed by atoms with Gasteiger partial charge < -0.3 is 4.74 Å². The predicted molar refractivity (Wildman–Crippen MR) is 75.7 cm³/mol. The van der Waals surface area contributed by atoms with Gasteiger partial charge in [0.2, 0.25) is 0 Å². The van der Waals surface area contributed by atoms with Crippen molar-refractivity contribution in [3.05, 3.63) is 35.9 Å². The number of benzene rings is 1. The highest BCUT2D eigenvalue weighted by Crippen LogP contribution is 2.31. The Labute approximate surface area is 115 Å². The Kier molecular flexibility index (Phi) is 4.59. The first-order chi connectivity index (χ1) is 9.14. The molecular formula is C16H23NO2. The predicted octanol–water partition coefficient (Wildman–Crippen LogP) is 2.85. The molecule has 0 amide bonds. The maximum atomic E-state index is 12.1. The molecule has 1 fully saturated rings. The fourth-order valence-electron chi connectivity index (χ4n) is 2.79. The molecule has 3 nitrogen and oxygen atoms in total. The van der Waals surface area contributed by atoms with Crippen LogP contribution in [0.25, 0.3) is 0 Å². The van der Waals surface area contributed by atoms with E-state index in [0.717, 1.165) is 32.5 Å². The first-order valence-corrected chi connectivity index (χ1v) is 7.07. The average Bonchev–Trinajstić information content (AvgIpc) is 2.40. The third-order valence-electron chi connectivity index (χ3n) is 3.79. The molecular weight excluding hydrogens is 238 g/mol. The zero-order valence-electron chi connectivity index (χ0n) is 11.9. The van der Waals surface area contributed by atoms with Crippen LogP contribution < -0.4 is 0 Å². The van der Waals surface area contributed by atoms with Crippen molar-refractivity contribution in [3.8, 4) is 0 Å². The molecule has 1 aromatic carbocycles. The summed E-state index contributed by atoms with van der Waals surface area (Å²) >= 11 is 0. The smallest absolute Gasteiger partial charge is 0.313 e. The van der Waals surface area contributed by atoms with Gasteiger partial charge >= 0.3 is 5.97 Å². The Hall–Kier alpha value is -1.35. The van der Waals surface area contributed by atoms with Crippen LogP contribution in [0.1, 0.15) is 32.3 Å². The fraction of sp³-hybridized carbons (Fsp3) is 0.562. The summed E-state index contributed by atoms with van der Waals surface area (Å²) in [5.41, 5.74) is 0.957. The third kappa shape index (κ3) is 3.57. The molecule has 1 unspecified atom stereocenters. The summed E-state index contributed by atoms with van der Waals surface area (Å²) in [5, 5.41) is 0. The van der Waals surface area contributed by atoms with Crippen molar-refractivity contribution in [2.45, 2.75) is 33.2 Å². The summed E-state index contributed by atoms with van der Waals surface area (Å²) in [6.45, 7) is 7.13. The molecule has 19 heavy (non-hydrogen) atoms. The van der Waals surface area contributed by atoms with Crippen LogP contribution in [-0.4, -0.2) is 30.6 Å². The highest BCUT2D eigenvalue weighted by molar-refractivity contribution is 5.76. The lowest BCUT2D eigenvalue weighted by Crippen LogP contribution is -2.46. The number of esters is 1. The van der Waals surface area contributed by atoms with Gasteiger partial charge in [-0.15, -0.1) is 0 Å². The molecule has 3 heteroatoms. The van der Waals surface area contributed by atoms with Gasteiger partial charge in [0, 0.05) is 13.1 Å². The van der Waals surface area contributed by atoms with Gasteiger partial charge in [-0.25, -0.2) is 0 Å². The Morgan fingerprint density at radius 1 is 1.37 bits per heavy atom. The number of hydrogen-bond acceptors (Lipinski definition) is 3. The first-order valence-electron chi connectivity index (χ1n) is 7.07. The number of piperidine rings is 1. The van der Waals surface area contributed by atoms with Crippen LogP contribution in [0.15, 0.2) is 30.3 Å². The SMILES string of the molecule is CCOC(=O)C1(C)CCCN(Cc2ccccc2)C1. The molecule has 0 radical (unpaired) electrons. The molecule has 0 N–H and O–H groups in total. The quantitative estimate of drug-likeness (QED) is 0.781. The third-order valence-corrected chi connectivity index (χ3v) is 3.79. The van der Waals surface area contributed by atoms with E-state index >= 15 is 0 Å². The van der Waals surface area contributed by atoms with Crippen LogP contribution in [0.5, 0.6) is 0 Å². The normalized spacial score (nSPS) is 24.1. The topological polar surface area (TPSA) is 29.5 Å². The summed E-state index contributed by atoms with van der Waals surface area (Å²) in [4.78, 5) is 14.4. The first kappa shape index (κ1) is 14.1. The molecule has 1 heterocycles. The van der Waals surface area contributed by atoms with Crippen LogP contribution in [0.4, 0.5) is 0 Å². The van der Waals surface area contributed by atoms with E-state index in [4.69, 9.17) is 4.74 Å². The summed E-state index contributed by atoms with van der Waals surface area (Å²) in [5.74, 6) is -0.0484. The van der Waals surface area contributed by atoms with Crippen molar-refractivity contribution in [3.63, 3.8) is 0 Å². The Morgan fingerprint density at radius 2 is 2.11 bits per heavy atom. The molecule has 1 atom stereocenters. The monoisotopic (exact) mass is 261 g/mol. The highest BCUT2D eigenvalue weighted by atomic mass is 16.5. The summed E-state index contributed by atoms with van der Waals surface area (Å²) in [6.07, 6.45) is 1.99. The molecule has 1 saturated heterocycles. The van der Waals surface area contributed by atoms with Gasteiger partial charge in [-0.1, -0.05) is 30.3 Å². The van der Waals surface area contributed by atoms with Crippen LogP contribution in [0.2, 0.25) is 0 Å². The summed E-state index contributed by atoms with van der Waals surface area (Å²) < 4.78 is 5.22. The second-order valence-electron chi connectivity index (χ2n) is 5.58. The van der Waals surface area contributed by atoms with E-state index in [0.29, 0.717) is 6.61 Å². The lowest BCUT2D eigenvalue weighted by atomic mass is 9.82. The highest BCUT2D eigenvalue weighted by Gasteiger charge is 2.38. The molecule has 1 aliphatic rings. The maximum absolute atomic E-state index is 12.1. The second kappa shape index (κ2) is 6.20. The van der Waals surface area contributed by atoms with E-state index < -0.39 is 0 Å². The van der Waals surface area contributed by atoms with Gasteiger partial charge in [0.1, 0.15) is 0 Å². The van der Waals surface area contributed by atoms with Gasteiger partial charge in [0.25, 0.3) is 0 Å². The molecule has 0 aliphatic carbocycles. The maximum Gasteiger partial charge on any atom is 0.313 e. The molecule has 0 aromatic heterocycles. The zero-order valence-corrected chi connectivity index (χ0v) is 11.9. The number of carbonyl (C=O) groups excluding carboxylic acids is 1. The van der Waals surface area contributed by atoms with Gasteiger partial charge in [-0.2, -0.15) is 0 Å². The molecule has 1 aromatic rings. The molecule has 0 saturated carbocycles. The standard InChI is InChI=1S/C16H23NO2/c1-3-19-15(18)16(2)10-7-11-17(13-16)12-14-8-5-4-6-9-14/h4-6,8-9H,3,7,10-13H2,1-2H3. The largest absolute Gasteiger partial charge is 0.466 e. The Balaban J connectivity index is 1.99. The number of ether oxygens (including phenoxy) is 1. The van der Waals surface area contributed by atoms with E-state index in [2.05, 4.69) is 29.2 Å². The summed E-state index contributed by atoms with van der Waals surface area (Å²) in [7, 11) is 0. The number of hydrogen-bond donors (Lipinski definition) is 0. The van der Waals surface area contributed by atoms with Crippen molar-refractivity contribution < 1.29 is 9.53 Å².